The van der Waals surface area contributed by atoms with E-state index in [2.05, 4.69) is 0 Å². The lowest BCUT2D eigenvalue weighted by Crippen LogP contribution is -2.22. The molecule has 1 aromatic carbocycles. The highest BCUT2D eigenvalue weighted by Gasteiger charge is 2.16. The average molecular weight is 197 g/mol. The molecule has 0 aliphatic carbocycles. The molecule has 0 heterocycles. The third kappa shape index (κ3) is 2.53. The summed E-state index contributed by atoms with van der Waals surface area (Å²) >= 11 is 0. The molecule has 0 unspecified atom stereocenters. The summed E-state index contributed by atoms with van der Waals surface area (Å²) in [6.07, 6.45) is 0.265. The highest BCUT2D eigenvalue weighted by Crippen LogP contribution is 2.19. The second-order valence-electron chi connectivity index (χ2n) is 3.02. The van der Waals surface area contributed by atoms with Gasteiger partial charge in [-0.3, -0.25) is 4.79 Å². The van der Waals surface area contributed by atoms with Crippen LogP contribution in [0.1, 0.15) is 17.9 Å². The largest absolute Gasteiger partial charge is 0.396 e. The van der Waals surface area contributed by atoms with E-state index in [1.807, 2.05) is 0 Å². The van der Waals surface area contributed by atoms with Crippen LogP contribution in [0.25, 0.3) is 0 Å². The number of carbonyl (C=O) groups is 1. The fourth-order valence-electron chi connectivity index (χ4n) is 1.30. The molecule has 1 aromatic rings. The van der Waals surface area contributed by atoms with Crippen molar-refractivity contribution in [1.82, 2.24) is 0 Å². The molecular weight excluding hydrogens is 185 g/mol. The quantitative estimate of drug-likeness (QED) is 0.749. The zero-order chi connectivity index (χ0) is 10.6. The van der Waals surface area contributed by atoms with Gasteiger partial charge in [0.2, 0.25) is 5.91 Å². The predicted molar refractivity (Wildman–Crippen MR) is 50.0 cm³/mol. The molecule has 3 nitrogen and oxygen atoms in total. The van der Waals surface area contributed by atoms with Gasteiger partial charge in [0.25, 0.3) is 0 Å². The van der Waals surface area contributed by atoms with Gasteiger partial charge in [-0.1, -0.05) is 12.1 Å². The van der Waals surface area contributed by atoms with Gasteiger partial charge in [0, 0.05) is 6.61 Å². The summed E-state index contributed by atoms with van der Waals surface area (Å²) in [6.45, 7) is -0.120. The van der Waals surface area contributed by atoms with E-state index in [0.29, 0.717) is 5.56 Å². The van der Waals surface area contributed by atoms with Crippen LogP contribution in [-0.2, 0) is 4.79 Å². The first-order valence-electron chi connectivity index (χ1n) is 4.30. The molecular formula is C10H12FNO2. The van der Waals surface area contributed by atoms with Crippen LogP contribution >= 0.6 is 0 Å². The van der Waals surface area contributed by atoms with Gasteiger partial charge in [0.1, 0.15) is 5.82 Å². The van der Waals surface area contributed by atoms with Gasteiger partial charge >= 0.3 is 0 Å². The van der Waals surface area contributed by atoms with Crippen LogP contribution in [0.5, 0.6) is 0 Å². The number of hydrogen-bond donors (Lipinski definition) is 2. The van der Waals surface area contributed by atoms with Crippen LogP contribution in [0.3, 0.4) is 0 Å². The summed E-state index contributed by atoms with van der Waals surface area (Å²) in [4.78, 5) is 11.0. The Balaban J connectivity index is 2.87. The number of nitrogens with two attached hydrogens (primary N) is 1. The highest BCUT2D eigenvalue weighted by molar-refractivity contribution is 5.81. The van der Waals surface area contributed by atoms with Crippen molar-refractivity contribution < 1.29 is 14.3 Å². The number of aliphatic hydroxyl groups is 1. The molecule has 0 saturated heterocycles. The van der Waals surface area contributed by atoms with Crippen molar-refractivity contribution in [3.05, 3.63) is 35.6 Å². The van der Waals surface area contributed by atoms with Gasteiger partial charge in [-0.05, 0) is 24.1 Å². The van der Waals surface area contributed by atoms with Crippen molar-refractivity contribution in [2.45, 2.75) is 12.3 Å². The smallest absolute Gasteiger partial charge is 0.225 e. The SMILES string of the molecule is NC(=O)[C@H](CCO)c1ccc(F)cc1. The molecule has 4 heteroatoms. The van der Waals surface area contributed by atoms with Crippen LogP contribution in [-0.4, -0.2) is 17.6 Å². The summed E-state index contributed by atoms with van der Waals surface area (Å²) in [5, 5.41) is 8.72. The van der Waals surface area contributed by atoms with Crippen molar-refractivity contribution in [2.24, 2.45) is 5.73 Å². The lowest BCUT2D eigenvalue weighted by molar-refractivity contribution is -0.119. The number of amides is 1. The summed E-state index contributed by atoms with van der Waals surface area (Å²) < 4.78 is 12.6. The number of benzene rings is 1. The van der Waals surface area contributed by atoms with Crippen molar-refractivity contribution in [1.29, 1.82) is 0 Å². The normalized spacial score (nSPS) is 12.4. The minimum atomic E-state index is -0.541. The molecule has 3 N–H and O–H groups in total. The lowest BCUT2D eigenvalue weighted by atomic mass is 9.95. The van der Waals surface area contributed by atoms with Crippen LogP contribution < -0.4 is 5.73 Å². The third-order valence-corrected chi connectivity index (χ3v) is 2.03. The Morgan fingerprint density at radius 1 is 1.43 bits per heavy atom. The van der Waals surface area contributed by atoms with Gasteiger partial charge in [0.15, 0.2) is 0 Å². The molecule has 0 aromatic heterocycles. The van der Waals surface area contributed by atoms with Crippen molar-refractivity contribution >= 4 is 5.91 Å². The second kappa shape index (κ2) is 4.72. The van der Waals surface area contributed by atoms with E-state index < -0.39 is 11.8 Å². The fraction of sp³-hybridized carbons (Fsp3) is 0.300. The molecule has 0 bridgehead atoms. The number of carbonyl (C=O) groups excluding carboxylic acids is 1. The van der Waals surface area contributed by atoms with Gasteiger partial charge < -0.3 is 10.8 Å². The van der Waals surface area contributed by atoms with Gasteiger partial charge in [0.05, 0.1) is 5.92 Å². The molecule has 14 heavy (non-hydrogen) atoms. The number of aliphatic hydroxyl groups excluding tert-OH is 1. The molecule has 0 spiro atoms. The maximum atomic E-state index is 12.6. The Morgan fingerprint density at radius 3 is 2.43 bits per heavy atom. The van der Waals surface area contributed by atoms with Crippen molar-refractivity contribution in [3.63, 3.8) is 0 Å². The molecule has 1 amide bonds. The predicted octanol–water partition coefficient (Wildman–Crippen LogP) is 0.777. The minimum Gasteiger partial charge on any atom is -0.396 e. The van der Waals surface area contributed by atoms with Gasteiger partial charge in [-0.2, -0.15) is 0 Å². The second-order valence-corrected chi connectivity index (χ2v) is 3.02. The first-order valence-corrected chi connectivity index (χ1v) is 4.30. The van der Waals surface area contributed by atoms with E-state index in [-0.39, 0.29) is 18.8 Å². The van der Waals surface area contributed by atoms with Gasteiger partial charge in [-0.25, -0.2) is 4.39 Å². The number of halogens is 1. The maximum Gasteiger partial charge on any atom is 0.225 e. The van der Waals surface area contributed by atoms with E-state index in [1.54, 1.807) is 0 Å². The molecule has 0 fully saturated rings. The minimum absolute atomic E-state index is 0.120. The van der Waals surface area contributed by atoms with E-state index in [0.717, 1.165) is 0 Å². The first-order chi connectivity index (χ1) is 6.65. The van der Waals surface area contributed by atoms with Crippen LogP contribution in [0.2, 0.25) is 0 Å². The molecule has 76 valence electrons. The summed E-state index contributed by atoms with van der Waals surface area (Å²) in [5.74, 6) is -1.41. The maximum absolute atomic E-state index is 12.6. The molecule has 1 rings (SSSR count). The fourth-order valence-corrected chi connectivity index (χ4v) is 1.30. The Hall–Kier alpha value is -1.42. The number of rotatable bonds is 4. The average Bonchev–Trinajstić information content (AvgIpc) is 2.15. The zero-order valence-corrected chi connectivity index (χ0v) is 7.61. The van der Waals surface area contributed by atoms with Crippen LogP contribution in [0.15, 0.2) is 24.3 Å². The highest BCUT2D eigenvalue weighted by atomic mass is 19.1. The van der Waals surface area contributed by atoms with E-state index in [9.17, 15) is 9.18 Å². The van der Waals surface area contributed by atoms with E-state index in [1.165, 1.54) is 24.3 Å². The summed E-state index contributed by atoms with van der Waals surface area (Å²) in [6, 6.07) is 5.53. The van der Waals surface area contributed by atoms with Crippen molar-refractivity contribution in [2.75, 3.05) is 6.61 Å². The van der Waals surface area contributed by atoms with Crippen molar-refractivity contribution in [3.8, 4) is 0 Å². The third-order valence-electron chi connectivity index (χ3n) is 2.03. The molecule has 0 aliphatic rings. The summed E-state index contributed by atoms with van der Waals surface area (Å²) in [7, 11) is 0. The standard InChI is InChI=1S/C10H12FNO2/c11-8-3-1-7(2-4-8)9(5-6-13)10(12)14/h1-4,9,13H,5-6H2,(H2,12,14)/t9-/m1/s1. The summed E-state index contributed by atoms with van der Waals surface area (Å²) in [5.41, 5.74) is 5.78. The topological polar surface area (TPSA) is 63.3 Å². The Morgan fingerprint density at radius 2 is 2.00 bits per heavy atom. The van der Waals surface area contributed by atoms with E-state index >= 15 is 0 Å². The Kier molecular flexibility index (Phi) is 3.59. The molecule has 0 saturated carbocycles. The van der Waals surface area contributed by atoms with Crippen LogP contribution in [0.4, 0.5) is 4.39 Å². The number of primary amides is 1. The monoisotopic (exact) mass is 197 g/mol. The lowest BCUT2D eigenvalue weighted by Gasteiger charge is -2.11. The van der Waals surface area contributed by atoms with E-state index in [4.69, 9.17) is 10.8 Å². The van der Waals surface area contributed by atoms with Gasteiger partial charge in [-0.15, -0.1) is 0 Å². The molecule has 0 aliphatic heterocycles. The molecule has 1 atom stereocenters. The Bertz CT molecular complexity index is 310. The number of hydrogen-bond acceptors (Lipinski definition) is 2. The molecule has 0 radical (unpaired) electrons. The first kappa shape index (κ1) is 10.7. The Labute approximate surface area is 81.4 Å². The van der Waals surface area contributed by atoms with Crippen LogP contribution in [0, 0.1) is 5.82 Å². The zero-order valence-electron chi connectivity index (χ0n) is 7.61.